The summed E-state index contributed by atoms with van der Waals surface area (Å²) in [6, 6.07) is 8.11. The van der Waals surface area contributed by atoms with Crippen molar-refractivity contribution in [1.82, 2.24) is 5.32 Å². The zero-order valence-electron chi connectivity index (χ0n) is 13.4. The van der Waals surface area contributed by atoms with Gasteiger partial charge in [-0.15, -0.1) is 0 Å². The van der Waals surface area contributed by atoms with Crippen molar-refractivity contribution >= 4 is 12.0 Å². The lowest BCUT2D eigenvalue weighted by molar-refractivity contribution is -0.153. The number of ether oxygens (including phenoxy) is 2. The highest BCUT2D eigenvalue weighted by atomic mass is 16.5. The number of nitrogens with one attached hydrogen (secondary N) is 1. The third kappa shape index (κ3) is 5.56. The van der Waals surface area contributed by atoms with Crippen molar-refractivity contribution in [3.8, 4) is 0 Å². The third-order valence-electron chi connectivity index (χ3n) is 4.10. The topological polar surface area (TPSA) is 90.7 Å². The molecule has 1 aliphatic carbocycles. The van der Waals surface area contributed by atoms with Crippen molar-refractivity contribution in [2.45, 2.75) is 50.4 Å². The second-order valence-electron chi connectivity index (χ2n) is 5.81. The first kappa shape index (κ1) is 17.3. The van der Waals surface area contributed by atoms with E-state index in [4.69, 9.17) is 15.2 Å². The average molecular weight is 320 g/mol. The number of esters is 1. The number of hydrogen-bond acceptors (Lipinski definition) is 4. The molecule has 2 amide bonds. The third-order valence-corrected chi connectivity index (χ3v) is 4.10. The van der Waals surface area contributed by atoms with Gasteiger partial charge >= 0.3 is 12.0 Å². The molecule has 0 aromatic heterocycles. The maximum atomic E-state index is 12.2. The van der Waals surface area contributed by atoms with Crippen LogP contribution in [0.1, 0.15) is 43.7 Å². The number of urea groups is 1. The Kier molecular flexibility index (Phi) is 6.40. The monoisotopic (exact) mass is 320 g/mol. The standard InChI is InChI=1S/C17H24N2O4/c1-22-13-8-5-9-14(10-13)23-16(20)11-15(19-17(18)21)12-6-3-2-4-7-12/h2-4,6-7,13-15H,5,8-11H2,1H3,(H3,18,19,21)/t13-,14-,15+/m1/s1. The Labute approximate surface area is 136 Å². The van der Waals surface area contributed by atoms with Gasteiger partial charge in [-0.05, 0) is 24.8 Å². The van der Waals surface area contributed by atoms with Crippen LogP contribution in [0.4, 0.5) is 4.79 Å². The van der Waals surface area contributed by atoms with Gasteiger partial charge in [-0.25, -0.2) is 4.79 Å². The predicted octanol–water partition coefficient (Wildman–Crippen LogP) is 2.29. The van der Waals surface area contributed by atoms with E-state index in [-0.39, 0.29) is 24.6 Å². The molecule has 2 rings (SSSR count). The minimum atomic E-state index is -0.663. The van der Waals surface area contributed by atoms with Crippen LogP contribution in [-0.4, -0.2) is 31.3 Å². The van der Waals surface area contributed by atoms with E-state index in [0.717, 1.165) is 31.2 Å². The Morgan fingerprint density at radius 2 is 1.96 bits per heavy atom. The van der Waals surface area contributed by atoms with Crippen LogP contribution < -0.4 is 11.1 Å². The number of benzene rings is 1. The first-order valence-corrected chi connectivity index (χ1v) is 7.91. The summed E-state index contributed by atoms with van der Waals surface area (Å²) in [5, 5.41) is 2.60. The van der Waals surface area contributed by atoms with Crippen molar-refractivity contribution in [2.24, 2.45) is 5.73 Å². The number of methoxy groups -OCH3 is 1. The fourth-order valence-electron chi connectivity index (χ4n) is 2.93. The Balaban J connectivity index is 1.93. The van der Waals surface area contributed by atoms with Gasteiger partial charge in [0.05, 0.1) is 18.6 Å². The molecule has 0 bridgehead atoms. The number of primary amides is 1. The number of carbonyl (C=O) groups excluding carboxylic acids is 2. The lowest BCUT2D eigenvalue weighted by Crippen LogP contribution is -2.35. The van der Waals surface area contributed by atoms with Crippen molar-refractivity contribution in [3.05, 3.63) is 35.9 Å². The molecular weight excluding hydrogens is 296 g/mol. The van der Waals surface area contributed by atoms with Crippen molar-refractivity contribution in [1.29, 1.82) is 0 Å². The predicted molar refractivity (Wildman–Crippen MR) is 85.7 cm³/mol. The number of rotatable bonds is 6. The normalized spacial score (nSPS) is 22.1. The number of amides is 2. The fraction of sp³-hybridized carbons (Fsp3) is 0.529. The molecule has 0 unspecified atom stereocenters. The maximum Gasteiger partial charge on any atom is 0.312 e. The smallest absolute Gasteiger partial charge is 0.312 e. The minimum Gasteiger partial charge on any atom is -0.462 e. The molecule has 6 nitrogen and oxygen atoms in total. The molecule has 3 atom stereocenters. The van der Waals surface area contributed by atoms with Gasteiger partial charge in [0, 0.05) is 13.5 Å². The fourth-order valence-corrected chi connectivity index (χ4v) is 2.93. The summed E-state index contributed by atoms with van der Waals surface area (Å²) in [4.78, 5) is 23.4. The van der Waals surface area contributed by atoms with E-state index in [2.05, 4.69) is 5.32 Å². The number of carbonyl (C=O) groups is 2. The van der Waals surface area contributed by atoms with E-state index in [9.17, 15) is 9.59 Å². The molecule has 0 heterocycles. The van der Waals surface area contributed by atoms with Crippen LogP contribution in [-0.2, 0) is 14.3 Å². The summed E-state index contributed by atoms with van der Waals surface area (Å²) in [7, 11) is 1.68. The SMILES string of the molecule is CO[C@@H]1CCC[C@@H](OC(=O)C[C@H](NC(N)=O)c2ccccc2)C1. The largest absolute Gasteiger partial charge is 0.462 e. The molecule has 126 valence electrons. The molecule has 0 spiro atoms. The highest BCUT2D eigenvalue weighted by molar-refractivity contribution is 5.75. The van der Waals surface area contributed by atoms with Crippen molar-refractivity contribution in [2.75, 3.05) is 7.11 Å². The van der Waals surface area contributed by atoms with E-state index >= 15 is 0 Å². The van der Waals surface area contributed by atoms with Crippen LogP contribution in [0.5, 0.6) is 0 Å². The first-order valence-electron chi connectivity index (χ1n) is 7.91. The van der Waals surface area contributed by atoms with Crippen LogP contribution in [0.15, 0.2) is 30.3 Å². The van der Waals surface area contributed by atoms with E-state index < -0.39 is 12.1 Å². The van der Waals surface area contributed by atoms with Gasteiger partial charge < -0.3 is 20.5 Å². The van der Waals surface area contributed by atoms with Gasteiger partial charge in [0.15, 0.2) is 0 Å². The van der Waals surface area contributed by atoms with Gasteiger partial charge in [0.2, 0.25) is 0 Å². The van der Waals surface area contributed by atoms with Crippen LogP contribution in [0.2, 0.25) is 0 Å². The van der Waals surface area contributed by atoms with E-state index in [1.807, 2.05) is 30.3 Å². The summed E-state index contributed by atoms with van der Waals surface area (Å²) in [6.45, 7) is 0. The Bertz CT molecular complexity index is 521. The molecule has 3 N–H and O–H groups in total. The van der Waals surface area contributed by atoms with Crippen LogP contribution in [0.25, 0.3) is 0 Å². The molecule has 1 aliphatic rings. The summed E-state index contributed by atoms with van der Waals surface area (Å²) < 4.78 is 10.9. The van der Waals surface area contributed by atoms with Crippen LogP contribution >= 0.6 is 0 Å². The molecule has 0 radical (unpaired) electrons. The molecule has 6 heteroatoms. The highest BCUT2D eigenvalue weighted by Gasteiger charge is 2.26. The summed E-state index contributed by atoms with van der Waals surface area (Å²) >= 11 is 0. The zero-order chi connectivity index (χ0) is 16.7. The maximum absolute atomic E-state index is 12.2. The van der Waals surface area contributed by atoms with E-state index in [0.29, 0.717) is 0 Å². The van der Waals surface area contributed by atoms with Crippen molar-refractivity contribution < 1.29 is 19.1 Å². The molecular formula is C17H24N2O4. The Morgan fingerprint density at radius 1 is 1.26 bits per heavy atom. The lowest BCUT2D eigenvalue weighted by atomic mass is 9.95. The summed E-state index contributed by atoms with van der Waals surface area (Å²) in [5.41, 5.74) is 6.03. The zero-order valence-corrected chi connectivity index (χ0v) is 13.4. The Morgan fingerprint density at radius 3 is 2.61 bits per heavy atom. The van der Waals surface area contributed by atoms with Crippen molar-refractivity contribution in [3.63, 3.8) is 0 Å². The summed E-state index contributed by atoms with van der Waals surface area (Å²) in [6.07, 6.45) is 3.65. The molecule has 1 saturated carbocycles. The quantitative estimate of drug-likeness (QED) is 0.787. The molecule has 0 saturated heterocycles. The molecule has 1 aromatic rings. The van der Waals surface area contributed by atoms with Gasteiger partial charge in [-0.1, -0.05) is 30.3 Å². The second kappa shape index (κ2) is 8.53. The van der Waals surface area contributed by atoms with E-state index in [1.165, 1.54) is 0 Å². The Hall–Kier alpha value is -2.08. The highest BCUT2D eigenvalue weighted by Crippen LogP contribution is 2.24. The first-order chi connectivity index (χ1) is 11.1. The molecule has 0 aliphatic heterocycles. The minimum absolute atomic E-state index is 0.0566. The van der Waals surface area contributed by atoms with Crippen LogP contribution in [0.3, 0.4) is 0 Å². The molecule has 1 aromatic carbocycles. The number of hydrogen-bond donors (Lipinski definition) is 2. The summed E-state index contributed by atoms with van der Waals surface area (Å²) in [5.74, 6) is -0.339. The van der Waals surface area contributed by atoms with Gasteiger partial charge in [-0.2, -0.15) is 0 Å². The van der Waals surface area contributed by atoms with Gasteiger partial charge in [0.25, 0.3) is 0 Å². The number of nitrogens with two attached hydrogens (primary N) is 1. The molecule has 1 fully saturated rings. The van der Waals surface area contributed by atoms with Crippen LogP contribution in [0, 0.1) is 0 Å². The van der Waals surface area contributed by atoms with Gasteiger partial charge in [-0.3, -0.25) is 4.79 Å². The van der Waals surface area contributed by atoms with Gasteiger partial charge in [0.1, 0.15) is 6.10 Å². The second-order valence-corrected chi connectivity index (χ2v) is 5.81. The van der Waals surface area contributed by atoms with E-state index in [1.54, 1.807) is 7.11 Å². The lowest BCUT2D eigenvalue weighted by Gasteiger charge is -2.28. The molecule has 23 heavy (non-hydrogen) atoms. The average Bonchev–Trinajstić information content (AvgIpc) is 2.54.